The van der Waals surface area contributed by atoms with Gasteiger partial charge in [-0.1, -0.05) is 28.7 Å². The number of carbonyl (C=O) groups is 1. The van der Waals surface area contributed by atoms with E-state index in [1.165, 1.54) is 6.92 Å². The number of esters is 1. The van der Waals surface area contributed by atoms with Crippen molar-refractivity contribution in [3.8, 4) is 0 Å². The molecule has 4 aliphatic rings. The van der Waals surface area contributed by atoms with Gasteiger partial charge in [0, 0.05) is 29.4 Å². The van der Waals surface area contributed by atoms with Gasteiger partial charge in [-0.3, -0.25) is 9.35 Å². The van der Waals surface area contributed by atoms with Crippen molar-refractivity contribution in [3.63, 3.8) is 0 Å². The third-order valence-electron chi connectivity index (χ3n) is 10.6. The third-order valence-corrected chi connectivity index (χ3v) is 15.0. The summed E-state index contributed by atoms with van der Waals surface area (Å²) in [6.07, 6.45) is -4.18. The number of fused-ring (bicyclic) bond motifs is 1. The minimum Gasteiger partial charge on any atom is -0.459 e. The highest BCUT2D eigenvalue weighted by Crippen LogP contribution is 2.93. The Labute approximate surface area is 263 Å². The quantitative estimate of drug-likeness (QED) is 0.182. The molecule has 15 atom stereocenters. The van der Waals surface area contributed by atoms with E-state index >= 15 is 0 Å². The Morgan fingerprint density at radius 2 is 1.77 bits per heavy atom. The summed E-state index contributed by atoms with van der Waals surface area (Å²) >= 11 is 0. The Kier molecular flexibility index (Phi) is 10.3. The molecule has 0 amide bonds. The second-order valence-corrected chi connectivity index (χ2v) is 18.4. The van der Waals surface area contributed by atoms with Crippen LogP contribution in [0.4, 0.5) is 0 Å². The maximum Gasteiger partial charge on any atom is 0.397 e. The number of nitrogens with zero attached hydrogens (tertiary/aromatic N) is 2. The molecule has 4 N–H and O–H groups in total. The second kappa shape index (κ2) is 12.5. The van der Waals surface area contributed by atoms with Gasteiger partial charge in [0.1, 0.15) is 29.3 Å². The summed E-state index contributed by atoms with van der Waals surface area (Å²) in [6.45, 7) is 13.2. The molecule has 0 radical (unpaired) electrons. The minimum absolute atomic E-state index is 0.0572. The van der Waals surface area contributed by atoms with Crippen LogP contribution in [0.5, 0.6) is 0 Å². The van der Waals surface area contributed by atoms with Crippen molar-refractivity contribution in [3.05, 3.63) is 0 Å². The molecule has 0 saturated carbocycles. The van der Waals surface area contributed by atoms with Crippen LogP contribution < -0.4 is 0 Å². The molecule has 0 aliphatic carbocycles. The van der Waals surface area contributed by atoms with E-state index in [9.17, 15) is 33.1 Å². The molecule has 4 rings (SSSR count). The van der Waals surface area contributed by atoms with E-state index in [0.717, 1.165) is 0 Å². The van der Waals surface area contributed by atoms with Crippen LogP contribution in [0.1, 0.15) is 67.7 Å². The number of hydrogen-bond acceptors (Lipinski definition) is 12. The van der Waals surface area contributed by atoms with Crippen LogP contribution in [0.3, 0.4) is 0 Å². The molecule has 256 valence electrons. The molecule has 0 bridgehead atoms. The predicted molar refractivity (Wildman–Crippen MR) is 164 cm³/mol. The first-order valence-electron chi connectivity index (χ1n) is 15.6. The van der Waals surface area contributed by atoms with Crippen LogP contribution in [-0.2, 0) is 33.6 Å². The van der Waals surface area contributed by atoms with E-state index in [4.69, 9.17) is 18.4 Å². The predicted octanol–water partition coefficient (Wildman–Crippen LogP) is 1.38. The smallest absolute Gasteiger partial charge is 0.397 e. The molecule has 44 heavy (non-hydrogen) atoms. The summed E-state index contributed by atoms with van der Waals surface area (Å²) in [5, 5.41) is 32.8. The standard InChI is InChI=1S/C29H53N2O11PS/c1-11-20-28(7,34)22(32)18(5)31(10)14-15(2)13-27(6)23(24-29(35,43(24)27)17(4)25(33)40-20)41-26-21(42-44(36,37)38)19(30(8)9)12-16(3)39-26/h15-24,26,32,34-35H,11-14H2,1-10H3,(H,36,37,38)/t15-,16-,17+,18-,19?,20-,21-,22-,23-,24-,26+,27+,28-,29?,43?/m1/s1. The van der Waals surface area contributed by atoms with Crippen LogP contribution in [-0.4, -0.2) is 142 Å². The van der Waals surface area contributed by atoms with Crippen LogP contribution in [0.25, 0.3) is 0 Å². The molecular formula is C29H53N2O11PS. The first kappa shape index (κ1) is 36.3. The molecule has 0 aromatic carbocycles. The van der Waals surface area contributed by atoms with Crippen molar-refractivity contribution in [2.75, 3.05) is 27.7 Å². The van der Waals surface area contributed by atoms with Crippen LogP contribution in [0.15, 0.2) is 0 Å². The second-order valence-electron chi connectivity index (χ2n) is 14.3. The van der Waals surface area contributed by atoms with Gasteiger partial charge in [0.25, 0.3) is 0 Å². The van der Waals surface area contributed by atoms with Crippen molar-refractivity contribution < 1.29 is 51.5 Å². The lowest BCUT2D eigenvalue weighted by Crippen LogP contribution is -2.60. The summed E-state index contributed by atoms with van der Waals surface area (Å²) in [7, 11) is -0.561. The highest BCUT2D eigenvalue weighted by molar-refractivity contribution is 7.80. The average Bonchev–Trinajstić information content (AvgIpc) is 3.51. The van der Waals surface area contributed by atoms with E-state index in [1.807, 2.05) is 32.7 Å². The number of ether oxygens (including phenoxy) is 3. The zero-order valence-electron chi connectivity index (χ0n) is 27.6. The number of hydrogen-bond donors (Lipinski definition) is 4. The lowest BCUT2D eigenvalue weighted by molar-refractivity contribution is -0.268. The first-order valence-corrected chi connectivity index (χ1v) is 18.3. The van der Waals surface area contributed by atoms with Crippen LogP contribution in [0.2, 0.25) is 0 Å². The zero-order chi connectivity index (χ0) is 33.3. The van der Waals surface area contributed by atoms with E-state index in [2.05, 4.69) is 6.92 Å². The number of likely N-dealkylation sites (N-methyl/N-ethyl adjacent to an activating group) is 2. The van der Waals surface area contributed by atoms with Gasteiger partial charge in [-0.05, 0) is 74.0 Å². The van der Waals surface area contributed by atoms with Gasteiger partial charge in [-0.25, -0.2) is 4.18 Å². The van der Waals surface area contributed by atoms with Gasteiger partial charge in [0.2, 0.25) is 0 Å². The molecule has 13 nitrogen and oxygen atoms in total. The Bertz CT molecular complexity index is 1180. The molecule has 0 aromatic rings. The van der Waals surface area contributed by atoms with E-state index < -0.39 is 94.8 Å². The highest BCUT2D eigenvalue weighted by atomic mass is 32.3. The lowest BCUT2D eigenvalue weighted by Gasteiger charge is -2.51. The normalized spacial score (nSPS) is 50.8. The monoisotopic (exact) mass is 668 g/mol. The first-order chi connectivity index (χ1) is 20.1. The summed E-state index contributed by atoms with van der Waals surface area (Å²) in [5.41, 5.74) is -2.14. The van der Waals surface area contributed by atoms with Crippen molar-refractivity contribution in [1.29, 1.82) is 0 Å². The maximum atomic E-state index is 13.6. The molecular weight excluding hydrogens is 615 g/mol. The number of cyclic esters (lactones) is 1. The van der Waals surface area contributed by atoms with Crippen molar-refractivity contribution >= 4 is 24.3 Å². The Hall–Kier alpha value is -0.510. The summed E-state index contributed by atoms with van der Waals surface area (Å²) in [6, 6.07) is -0.914. The third kappa shape index (κ3) is 6.35. The Morgan fingerprint density at radius 3 is 2.32 bits per heavy atom. The van der Waals surface area contributed by atoms with Crippen LogP contribution >= 0.6 is 7.92 Å². The molecule has 4 aliphatic heterocycles. The van der Waals surface area contributed by atoms with Crippen molar-refractivity contribution in [1.82, 2.24) is 9.80 Å². The van der Waals surface area contributed by atoms with Crippen molar-refractivity contribution in [2.45, 2.75) is 138 Å². The molecule has 4 fully saturated rings. The Morgan fingerprint density at radius 1 is 1.16 bits per heavy atom. The van der Waals surface area contributed by atoms with Gasteiger partial charge in [-0.2, -0.15) is 8.42 Å². The number of aliphatic hydroxyl groups is 3. The van der Waals surface area contributed by atoms with Gasteiger partial charge in [0.05, 0.1) is 18.1 Å². The molecule has 4 saturated heterocycles. The fraction of sp³-hybridized carbons (Fsp3) is 0.966. The number of carbonyl (C=O) groups excluding carboxylic acids is 1. The summed E-state index contributed by atoms with van der Waals surface area (Å²) in [5.74, 6) is -1.56. The zero-order valence-corrected chi connectivity index (χ0v) is 29.3. The van der Waals surface area contributed by atoms with Gasteiger partial charge >= 0.3 is 16.4 Å². The van der Waals surface area contributed by atoms with Gasteiger partial charge in [0.15, 0.2) is 6.29 Å². The number of aliphatic hydroxyl groups excluding tert-OH is 1. The van der Waals surface area contributed by atoms with E-state index in [-0.39, 0.29) is 18.4 Å². The largest absolute Gasteiger partial charge is 0.459 e. The minimum atomic E-state index is -4.85. The highest BCUT2D eigenvalue weighted by Gasteiger charge is 2.86. The Balaban J connectivity index is 1.71. The molecule has 15 heteroatoms. The SMILES string of the molecule is CC[C@H]1OC(=O)[C@H](C)C2(O)[C@H]3[C@@H](O[C@@H]4O[C@H](C)CC(N(C)C)[C@H]4OS(=O)(=O)O)[C@](C)(C[C@@H](C)CN(C)[C@H](C)[C@@H](O)[C@]1(C)O)P32. The summed E-state index contributed by atoms with van der Waals surface area (Å²) < 4.78 is 57.1. The molecule has 0 spiro atoms. The molecule has 3 unspecified atom stereocenters. The summed E-state index contributed by atoms with van der Waals surface area (Å²) in [4.78, 5) is 17.3. The van der Waals surface area contributed by atoms with Crippen LogP contribution in [0, 0.1) is 11.8 Å². The fourth-order valence-electron chi connectivity index (χ4n) is 8.10. The molecule has 0 aromatic heterocycles. The van der Waals surface area contributed by atoms with Gasteiger partial charge in [-0.15, -0.1) is 0 Å². The fourth-order valence-corrected chi connectivity index (χ4v) is 13.2. The average molecular weight is 669 g/mol. The van der Waals surface area contributed by atoms with Crippen molar-refractivity contribution in [2.24, 2.45) is 11.8 Å². The maximum absolute atomic E-state index is 13.6. The molecule has 4 heterocycles. The van der Waals surface area contributed by atoms with Gasteiger partial charge < -0.3 is 39.3 Å². The topological polar surface area (TPSA) is 176 Å². The van der Waals surface area contributed by atoms with E-state index in [1.54, 1.807) is 32.8 Å². The van der Waals surface area contributed by atoms with E-state index in [0.29, 0.717) is 19.4 Å². The number of rotatable bonds is 6. The lowest BCUT2D eigenvalue weighted by atomic mass is 9.85.